The van der Waals surface area contributed by atoms with Crippen LogP contribution >= 0.6 is 0 Å². The number of Topliss-reactive ketones (excluding diaryl/α,β-unsaturated/α-hetero) is 1. The summed E-state index contributed by atoms with van der Waals surface area (Å²) in [5.74, 6) is 4.87. The summed E-state index contributed by atoms with van der Waals surface area (Å²) in [6.07, 6.45) is 0.345. The molecule has 2 nitrogen and oxygen atoms in total. The Hall–Kier alpha value is -1.59. The predicted octanol–water partition coefficient (Wildman–Crippen LogP) is 1.56. The third-order valence-electron chi connectivity index (χ3n) is 1.75. The van der Waals surface area contributed by atoms with Gasteiger partial charge in [0.05, 0.1) is 6.61 Å². The molecule has 0 unspecified atom stereocenters. The topological polar surface area (TPSA) is 37.3 Å². The van der Waals surface area contributed by atoms with Crippen LogP contribution in [0, 0.1) is 18.8 Å². The minimum atomic E-state index is -0.196. The molecule has 1 aromatic carbocycles. The lowest BCUT2D eigenvalue weighted by molar-refractivity contribution is 0.105. The summed E-state index contributed by atoms with van der Waals surface area (Å²) in [6, 6.07) is 7.26. The van der Waals surface area contributed by atoms with Gasteiger partial charge in [-0.1, -0.05) is 35.7 Å². The zero-order valence-corrected chi connectivity index (χ0v) is 8.08. The summed E-state index contributed by atoms with van der Waals surface area (Å²) in [5, 5.41) is 8.47. The van der Waals surface area contributed by atoms with Crippen LogP contribution in [0.3, 0.4) is 0 Å². The van der Waals surface area contributed by atoms with Crippen molar-refractivity contribution in [3.8, 4) is 11.8 Å². The summed E-state index contributed by atoms with van der Waals surface area (Å²) in [4.78, 5) is 11.4. The molecular formula is C12H12O2. The fourth-order valence-corrected chi connectivity index (χ4v) is 0.976. The van der Waals surface area contributed by atoms with Gasteiger partial charge in [0, 0.05) is 12.0 Å². The van der Waals surface area contributed by atoms with E-state index in [0.29, 0.717) is 12.0 Å². The van der Waals surface area contributed by atoms with Gasteiger partial charge in [-0.2, -0.15) is 0 Å². The zero-order valence-electron chi connectivity index (χ0n) is 8.08. The molecule has 0 saturated carbocycles. The van der Waals surface area contributed by atoms with Gasteiger partial charge in [0.15, 0.2) is 0 Å². The second kappa shape index (κ2) is 5.21. The van der Waals surface area contributed by atoms with E-state index < -0.39 is 0 Å². The number of aliphatic hydroxyl groups is 1. The number of aliphatic hydroxyl groups excluding tert-OH is 1. The summed E-state index contributed by atoms with van der Waals surface area (Å²) in [5.41, 5.74) is 1.71. The van der Waals surface area contributed by atoms with Gasteiger partial charge in [0.25, 0.3) is 0 Å². The number of ketones is 1. The Bertz CT molecular complexity index is 366. The Morgan fingerprint density at radius 1 is 1.36 bits per heavy atom. The molecule has 0 aliphatic rings. The van der Waals surface area contributed by atoms with Crippen LogP contribution < -0.4 is 0 Å². The second-order valence-electron chi connectivity index (χ2n) is 2.97. The van der Waals surface area contributed by atoms with E-state index in [-0.39, 0.29) is 12.4 Å². The first kappa shape index (κ1) is 10.5. The summed E-state index contributed by atoms with van der Waals surface area (Å²) >= 11 is 0. The number of hydrogen-bond donors (Lipinski definition) is 1. The lowest BCUT2D eigenvalue weighted by atomic mass is 10.1. The van der Waals surface area contributed by atoms with Crippen LogP contribution in [0.2, 0.25) is 0 Å². The SMILES string of the molecule is Cc1ccc(C(=O)C#CCCO)cc1. The Morgan fingerprint density at radius 2 is 2.00 bits per heavy atom. The minimum absolute atomic E-state index is 0.00578. The molecule has 0 aromatic heterocycles. The summed E-state index contributed by atoms with van der Waals surface area (Å²) in [6.45, 7) is 1.96. The highest BCUT2D eigenvalue weighted by Gasteiger charge is 1.99. The molecule has 0 spiro atoms. The Balaban J connectivity index is 2.72. The fraction of sp³-hybridized carbons (Fsp3) is 0.250. The van der Waals surface area contributed by atoms with Crippen LogP contribution in [-0.2, 0) is 0 Å². The zero-order chi connectivity index (χ0) is 10.4. The van der Waals surface area contributed by atoms with Gasteiger partial charge in [-0.3, -0.25) is 4.79 Å². The van der Waals surface area contributed by atoms with Crippen molar-refractivity contribution in [1.29, 1.82) is 0 Å². The third kappa shape index (κ3) is 3.04. The standard InChI is InChI=1S/C12H12O2/c1-10-5-7-11(8-6-10)12(14)4-2-3-9-13/h5-8,13H,3,9H2,1H3. The van der Waals surface area contributed by atoms with Crippen molar-refractivity contribution >= 4 is 5.78 Å². The van der Waals surface area contributed by atoms with E-state index in [1.165, 1.54) is 0 Å². The molecule has 0 radical (unpaired) electrons. The van der Waals surface area contributed by atoms with E-state index in [4.69, 9.17) is 5.11 Å². The molecule has 0 fully saturated rings. The maximum Gasteiger partial charge on any atom is 0.235 e. The molecule has 1 aromatic rings. The number of hydrogen-bond acceptors (Lipinski definition) is 2. The van der Waals surface area contributed by atoms with Gasteiger partial charge >= 0.3 is 0 Å². The quantitative estimate of drug-likeness (QED) is 0.434. The molecule has 2 heteroatoms. The molecule has 0 atom stereocenters. The monoisotopic (exact) mass is 188 g/mol. The van der Waals surface area contributed by atoms with E-state index in [2.05, 4.69) is 11.8 Å². The average molecular weight is 188 g/mol. The Morgan fingerprint density at radius 3 is 2.57 bits per heavy atom. The smallest absolute Gasteiger partial charge is 0.235 e. The molecule has 14 heavy (non-hydrogen) atoms. The molecular weight excluding hydrogens is 176 g/mol. The van der Waals surface area contributed by atoms with Crippen molar-refractivity contribution in [2.45, 2.75) is 13.3 Å². The first-order valence-electron chi connectivity index (χ1n) is 4.45. The van der Waals surface area contributed by atoms with E-state index >= 15 is 0 Å². The van der Waals surface area contributed by atoms with Crippen LogP contribution in [0.1, 0.15) is 22.3 Å². The highest BCUT2D eigenvalue weighted by molar-refractivity contribution is 6.08. The molecule has 1 N–H and O–H groups in total. The third-order valence-corrected chi connectivity index (χ3v) is 1.75. The first-order chi connectivity index (χ1) is 6.74. The van der Waals surface area contributed by atoms with Crippen LogP contribution in [0.15, 0.2) is 24.3 Å². The van der Waals surface area contributed by atoms with Crippen molar-refractivity contribution < 1.29 is 9.90 Å². The predicted molar refractivity (Wildman–Crippen MR) is 55.0 cm³/mol. The van der Waals surface area contributed by atoms with Crippen molar-refractivity contribution in [3.05, 3.63) is 35.4 Å². The first-order valence-corrected chi connectivity index (χ1v) is 4.45. The summed E-state index contributed by atoms with van der Waals surface area (Å²) < 4.78 is 0. The lowest BCUT2D eigenvalue weighted by Gasteiger charge is -1.94. The van der Waals surface area contributed by atoms with Crippen molar-refractivity contribution in [2.24, 2.45) is 0 Å². The van der Waals surface area contributed by atoms with Gasteiger partial charge in [0.1, 0.15) is 0 Å². The fourth-order valence-electron chi connectivity index (χ4n) is 0.976. The van der Waals surface area contributed by atoms with E-state index in [1.807, 2.05) is 19.1 Å². The molecule has 1 rings (SSSR count). The van der Waals surface area contributed by atoms with Crippen LogP contribution in [-0.4, -0.2) is 17.5 Å². The van der Waals surface area contributed by atoms with E-state index in [1.54, 1.807) is 12.1 Å². The highest BCUT2D eigenvalue weighted by Crippen LogP contribution is 2.03. The van der Waals surface area contributed by atoms with Gasteiger partial charge in [-0.25, -0.2) is 0 Å². The lowest BCUT2D eigenvalue weighted by Crippen LogP contribution is -1.94. The number of aryl methyl sites for hydroxylation is 1. The Labute approximate surface area is 83.6 Å². The van der Waals surface area contributed by atoms with Gasteiger partial charge < -0.3 is 5.11 Å². The molecule has 0 amide bonds. The van der Waals surface area contributed by atoms with Gasteiger partial charge in [-0.05, 0) is 12.8 Å². The molecule has 72 valence electrons. The van der Waals surface area contributed by atoms with Crippen LogP contribution in [0.4, 0.5) is 0 Å². The molecule has 0 aliphatic carbocycles. The van der Waals surface area contributed by atoms with Crippen molar-refractivity contribution in [1.82, 2.24) is 0 Å². The van der Waals surface area contributed by atoms with Crippen molar-refractivity contribution in [2.75, 3.05) is 6.61 Å². The molecule has 0 bridgehead atoms. The highest BCUT2D eigenvalue weighted by atomic mass is 16.2. The molecule has 0 heterocycles. The molecule has 0 saturated heterocycles. The largest absolute Gasteiger partial charge is 0.395 e. The number of benzene rings is 1. The van der Waals surface area contributed by atoms with Crippen LogP contribution in [0.5, 0.6) is 0 Å². The maximum atomic E-state index is 11.4. The minimum Gasteiger partial charge on any atom is -0.395 e. The number of carbonyl (C=O) groups excluding carboxylic acids is 1. The van der Waals surface area contributed by atoms with Gasteiger partial charge in [-0.15, -0.1) is 0 Å². The average Bonchev–Trinajstić information content (AvgIpc) is 2.19. The second-order valence-corrected chi connectivity index (χ2v) is 2.97. The summed E-state index contributed by atoms with van der Waals surface area (Å²) in [7, 11) is 0. The number of carbonyl (C=O) groups is 1. The normalized spacial score (nSPS) is 9.00. The van der Waals surface area contributed by atoms with E-state index in [0.717, 1.165) is 5.56 Å². The Kier molecular flexibility index (Phi) is 3.90. The molecule has 0 aliphatic heterocycles. The van der Waals surface area contributed by atoms with Gasteiger partial charge in [0.2, 0.25) is 5.78 Å². The van der Waals surface area contributed by atoms with Crippen molar-refractivity contribution in [3.63, 3.8) is 0 Å². The number of rotatable bonds is 2. The van der Waals surface area contributed by atoms with Crippen LogP contribution in [0.25, 0.3) is 0 Å². The maximum absolute atomic E-state index is 11.4. The van der Waals surface area contributed by atoms with E-state index in [9.17, 15) is 4.79 Å².